The Morgan fingerprint density at radius 1 is 1.04 bits per heavy atom. The number of benzene rings is 1. The Hall–Kier alpha value is -2.76. The van der Waals surface area contributed by atoms with Gasteiger partial charge in [0.2, 0.25) is 5.91 Å². The summed E-state index contributed by atoms with van der Waals surface area (Å²) in [6, 6.07) is 13.2. The molecule has 1 aliphatic carbocycles. The predicted octanol–water partition coefficient (Wildman–Crippen LogP) is 3.90. The van der Waals surface area contributed by atoms with E-state index in [0.717, 1.165) is 18.4 Å². The third kappa shape index (κ3) is 6.15. The van der Waals surface area contributed by atoms with Gasteiger partial charge in [-0.3, -0.25) is 4.79 Å². The van der Waals surface area contributed by atoms with E-state index in [-0.39, 0.29) is 24.0 Å². The van der Waals surface area contributed by atoms with E-state index in [1.54, 1.807) is 6.26 Å². The number of rotatable bonds is 8. The number of hydrogen-bond donors (Lipinski definition) is 3. The van der Waals surface area contributed by atoms with Crippen molar-refractivity contribution in [3.8, 4) is 0 Å². The Balaban J connectivity index is 1.40. The molecule has 0 spiro atoms. The van der Waals surface area contributed by atoms with Crippen molar-refractivity contribution in [3.63, 3.8) is 0 Å². The minimum Gasteiger partial charge on any atom is -0.467 e. The molecule has 1 saturated carbocycles. The van der Waals surface area contributed by atoms with Crippen LogP contribution in [0.1, 0.15) is 62.3 Å². The molecule has 0 saturated heterocycles. The fourth-order valence-corrected chi connectivity index (χ4v) is 3.59. The Morgan fingerprint density at radius 2 is 1.82 bits per heavy atom. The zero-order valence-electron chi connectivity index (χ0n) is 16.2. The van der Waals surface area contributed by atoms with E-state index >= 15 is 0 Å². The molecule has 1 unspecified atom stereocenters. The summed E-state index contributed by atoms with van der Waals surface area (Å²) >= 11 is 0. The number of carbonyl (C=O) groups is 2. The van der Waals surface area contributed by atoms with Gasteiger partial charge in [-0.1, -0.05) is 49.6 Å². The molecule has 28 heavy (non-hydrogen) atoms. The summed E-state index contributed by atoms with van der Waals surface area (Å²) in [6.45, 7) is 0.475. The van der Waals surface area contributed by atoms with Gasteiger partial charge in [-0.15, -0.1) is 0 Å². The van der Waals surface area contributed by atoms with Crippen molar-refractivity contribution >= 4 is 11.9 Å². The lowest BCUT2D eigenvalue weighted by Gasteiger charge is -2.22. The van der Waals surface area contributed by atoms with Crippen LogP contribution in [0.3, 0.4) is 0 Å². The molecule has 1 fully saturated rings. The fourth-order valence-electron chi connectivity index (χ4n) is 3.59. The van der Waals surface area contributed by atoms with Gasteiger partial charge in [0.1, 0.15) is 11.8 Å². The first-order valence-corrected chi connectivity index (χ1v) is 10.1. The summed E-state index contributed by atoms with van der Waals surface area (Å²) in [5.74, 6) is 0.629. The molecule has 6 nitrogen and oxygen atoms in total. The number of furan rings is 1. The van der Waals surface area contributed by atoms with Crippen LogP contribution >= 0.6 is 0 Å². The highest BCUT2D eigenvalue weighted by molar-refractivity contribution is 5.77. The summed E-state index contributed by atoms with van der Waals surface area (Å²) < 4.78 is 5.50. The largest absolute Gasteiger partial charge is 0.467 e. The van der Waals surface area contributed by atoms with Gasteiger partial charge in [-0.2, -0.15) is 0 Å². The molecule has 3 N–H and O–H groups in total. The first kappa shape index (κ1) is 20.0. The third-order valence-electron chi connectivity index (χ3n) is 5.07. The molecule has 150 valence electrons. The predicted molar refractivity (Wildman–Crippen MR) is 108 cm³/mol. The quantitative estimate of drug-likeness (QED) is 0.605. The van der Waals surface area contributed by atoms with E-state index in [0.29, 0.717) is 25.1 Å². The molecular formula is C22H29N3O3. The summed E-state index contributed by atoms with van der Waals surface area (Å²) in [6.07, 6.45) is 8.28. The van der Waals surface area contributed by atoms with Gasteiger partial charge in [0.05, 0.1) is 6.26 Å². The van der Waals surface area contributed by atoms with Crippen LogP contribution in [0.25, 0.3) is 0 Å². The van der Waals surface area contributed by atoms with Crippen molar-refractivity contribution in [1.29, 1.82) is 0 Å². The van der Waals surface area contributed by atoms with Crippen molar-refractivity contribution in [1.82, 2.24) is 16.0 Å². The van der Waals surface area contributed by atoms with Crippen molar-refractivity contribution in [3.05, 3.63) is 60.1 Å². The van der Waals surface area contributed by atoms with Gasteiger partial charge >= 0.3 is 6.03 Å². The van der Waals surface area contributed by atoms with Crippen LogP contribution in [-0.4, -0.2) is 24.5 Å². The van der Waals surface area contributed by atoms with E-state index < -0.39 is 0 Å². The van der Waals surface area contributed by atoms with Crippen LogP contribution < -0.4 is 16.0 Å². The first-order valence-electron chi connectivity index (χ1n) is 10.1. The number of nitrogens with one attached hydrogen (secondary N) is 3. The number of amides is 3. The fraction of sp³-hybridized carbons (Fsp3) is 0.455. The van der Waals surface area contributed by atoms with Gasteiger partial charge < -0.3 is 20.4 Å². The zero-order chi connectivity index (χ0) is 19.6. The smallest absolute Gasteiger partial charge is 0.315 e. The lowest BCUT2D eigenvalue weighted by atomic mass is 9.96. The maximum absolute atomic E-state index is 12.4. The highest BCUT2D eigenvalue weighted by Gasteiger charge is 2.19. The van der Waals surface area contributed by atoms with Gasteiger partial charge in [0.15, 0.2) is 0 Å². The Labute approximate surface area is 166 Å². The summed E-state index contributed by atoms with van der Waals surface area (Å²) in [4.78, 5) is 24.3. The number of hydrogen-bond acceptors (Lipinski definition) is 3. The third-order valence-corrected chi connectivity index (χ3v) is 5.07. The topological polar surface area (TPSA) is 83.4 Å². The summed E-state index contributed by atoms with van der Waals surface area (Å²) in [5.41, 5.74) is 0.968. The van der Waals surface area contributed by atoms with Crippen molar-refractivity contribution < 1.29 is 14.0 Å². The molecule has 6 heteroatoms. The van der Waals surface area contributed by atoms with Gasteiger partial charge in [0.25, 0.3) is 0 Å². The lowest BCUT2D eigenvalue weighted by Crippen LogP contribution is -2.43. The molecule has 2 aromatic rings. The Kier molecular flexibility index (Phi) is 7.53. The van der Waals surface area contributed by atoms with E-state index in [2.05, 4.69) is 16.0 Å². The summed E-state index contributed by atoms with van der Waals surface area (Å²) in [5, 5.41) is 8.89. The molecule has 1 heterocycles. The Morgan fingerprint density at radius 3 is 2.54 bits per heavy atom. The van der Waals surface area contributed by atoms with E-state index in [1.807, 2.05) is 42.5 Å². The highest BCUT2D eigenvalue weighted by Crippen LogP contribution is 2.22. The number of urea groups is 1. The SMILES string of the molecule is O=C(CCCNC(=O)NC1CCCCC1)NC(c1ccccc1)c1ccco1. The second-order valence-electron chi connectivity index (χ2n) is 7.27. The van der Waals surface area contributed by atoms with Crippen LogP contribution in [0.15, 0.2) is 53.1 Å². The second kappa shape index (κ2) is 10.5. The van der Waals surface area contributed by atoms with Crippen LogP contribution in [0.5, 0.6) is 0 Å². The molecule has 1 aromatic heterocycles. The molecule has 1 aromatic carbocycles. The molecule has 1 aliphatic rings. The minimum atomic E-state index is -0.314. The maximum atomic E-state index is 12.4. The van der Waals surface area contributed by atoms with Gasteiger partial charge in [0, 0.05) is 19.0 Å². The Bertz CT molecular complexity index is 725. The molecule has 0 radical (unpaired) electrons. The molecule has 3 amide bonds. The maximum Gasteiger partial charge on any atom is 0.315 e. The van der Waals surface area contributed by atoms with Crippen molar-refractivity contribution in [2.45, 2.75) is 57.0 Å². The van der Waals surface area contributed by atoms with E-state index in [1.165, 1.54) is 19.3 Å². The highest BCUT2D eigenvalue weighted by atomic mass is 16.3. The van der Waals surface area contributed by atoms with Crippen molar-refractivity contribution in [2.75, 3.05) is 6.54 Å². The number of carbonyl (C=O) groups excluding carboxylic acids is 2. The normalized spacial score (nSPS) is 15.6. The molecule has 0 aliphatic heterocycles. The van der Waals surface area contributed by atoms with Crippen LogP contribution in [0.2, 0.25) is 0 Å². The average Bonchev–Trinajstić information content (AvgIpc) is 3.25. The zero-order valence-corrected chi connectivity index (χ0v) is 16.2. The second-order valence-corrected chi connectivity index (χ2v) is 7.27. The first-order chi connectivity index (χ1) is 13.7. The van der Waals surface area contributed by atoms with E-state index in [4.69, 9.17) is 4.42 Å². The monoisotopic (exact) mass is 383 g/mol. The molecule has 3 rings (SSSR count). The van der Waals surface area contributed by atoms with Crippen LogP contribution in [0.4, 0.5) is 4.79 Å². The standard InChI is InChI=1S/C22H29N3O3/c26-20(14-7-15-23-22(27)24-18-11-5-2-6-12-18)25-21(19-13-8-16-28-19)17-9-3-1-4-10-17/h1,3-4,8-10,13,16,18,21H,2,5-7,11-12,14-15H2,(H,25,26)(H2,23,24,27). The minimum absolute atomic E-state index is 0.0697. The van der Waals surface area contributed by atoms with Crippen LogP contribution in [0, 0.1) is 0 Å². The average molecular weight is 383 g/mol. The van der Waals surface area contributed by atoms with Crippen molar-refractivity contribution in [2.24, 2.45) is 0 Å². The van der Waals surface area contributed by atoms with Gasteiger partial charge in [-0.05, 0) is 37.0 Å². The van der Waals surface area contributed by atoms with E-state index in [9.17, 15) is 9.59 Å². The van der Waals surface area contributed by atoms with Crippen LogP contribution in [-0.2, 0) is 4.79 Å². The molecular weight excluding hydrogens is 354 g/mol. The summed E-state index contributed by atoms with van der Waals surface area (Å²) in [7, 11) is 0. The van der Waals surface area contributed by atoms with Gasteiger partial charge in [-0.25, -0.2) is 4.79 Å². The molecule has 0 bridgehead atoms. The molecule has 1 atom stereocenters. The lowest BCUT2D eigenvalue weighted by molar-refractivity contribution is -0.121.